The number of halogens is 3. The maximum atomic E-state index is 13.8. The summed E-state index contributed by atoms with van der Waals surface area (Å²) >= 11 is 0. The van der Waals surface area contributed by atoms with Gasteiger partial charge < -0.3 is 20.1 Å². The van der Waals surface area contributed by atoms with E-state index in [-0.39, 0.29) is 36.4 Å². The molecule has 0 aromatic heterocycles. The Bertz CT molecular complexity index is 888. The predicted octanol–water partition coefficient (Wildman–Crippen LogP) is 2.75. The SMILES string of the molecule is Oc1c(F)cc([C@H](O)CN2C[C@H]3C[C@H](Oc4ccccc4F)C[C@@]3(O)C2)cc1F. The van der Waals surface area contributed by atoms with Crippen molar-refractivity contribution in [3.05, 3.63) is 59.4 Å². The molecule has 0 spiro atoms. The molecule has 2 fully saturated rings. The molecule has 4 atom stereocenters. The standard InChI is InChI=1S/C21H22F3NO4/c22-15-3-1-2-4-19(15)29-14-7-13-9-25(11-21(13,28)8-14)10-18(26)12-5-16(23)20(27)17(24)6-12/h1-6,13-14,18,26-28H,7-11H2/t13-,14+,18-,21-/m1/s1. The molecule has 0 unspecified atom stereocenters. The number of aliphatic hydroxyl groups excluding tert-OH is 1. The first-order valence-electron chi connectivity index (χ1n) is 9.47. The Morgan fingerprint density at radius 1 is 1.14 bits per heavy atom. The zero-order valence-corrected chi connectivity index (χ0v) is 15.6. The van der Waals surface area contributed by atoms with Crippen LogP contribution in [0.25, 0.3) is 0 Å². The Morgan fingerprint density at radius 3 is 2.48 bits per heavy atom. The van der Waals surface area contributed by atoms with Gasteiger partial charge in [-0.15, -0.1) is 0 Å². The number of hydrogen-bond donors (Lipinski definition) is 3. The van der Waals surface area contributed by atoms with Gasteiger partial charge in [-0.1, -0.05) is 12.1 Å². The molecule has 8 heteroatoms. The van der Waals surface area contributed by atoms with Crippen LogP contribution in [0.1, 0.15) is 24.5 Å². The molecule has 0 radical (unpaired) electrons. The van der Waals surface area contributed by atoms with Crippen LogP contribution in [0.5, 0.6) is 11.5 Å². The van der Waals surface area contributed by atoms with Crippen LogP contribution in [0.2, 0.25) is 0 Å². The molecule has 1 heterocycles. The largest absolute Gasteiger partial charge is 0.503 e. The van der Waals surface area contributed by atoms with Crippen molar-refractivity contribution in [1.29, 1.82) is 0 Å². The monoisotopic (exact) mass is 409 g/mol. The Hall–Kier alpha value is -2.29. The molecule has 0 amide bonds. The number of aromatic hydroxyl groups is 1. The normalized spacial score (nSPS) is 27.8. The smallest absolute Gasteiger partial charge is 0.187 e. The number of phenolic OH excluding ortho intramolecular Hbond substituents is 1. The molecule has 5 nitrogen and oxygen atoms in total. The highest BCUT2D eigenvalue weighted by molar-refractivity contribution is 5.31. The molecule has 1 aliphatic heterocycles. The van der Waals surface area contributed by atoms with Crippen molar-refractivity contribution in [3.8, 4) is 11.5 Å². The van der Waals surface area contributed by atoms with Gasteiger partial charge in [0.1, 0.15) is 6.10 Å². The van der Waals surface area contributed by atoms with Crippen molar-refractivity contribution in [2.75, 3.05) is 19.6 Å². The average molecular weight is 409 g/mol. The van der Waals surface area contributed by atoms with E-state index in [1.807, 2.05) is 4.90 Å². The van der Waals surface area contributed by atoms with E-state index in [0.29, 0.717) is 19.4 Å². The lowest BCUT2D eigenvalue weighted by molar-refractivity contribution is 0.0175. The first kappa shape index (κ1) is 20.0. The van der Waals surface area contributed by atoms with Crippen LogP contribution in [-0.2, 0) is 0 Å². The highest BCUT2D eigenvalue weighted by Crippen LogP contribution is 2.43. The first-order valence-corrected chi connectivity index (χ1v) is 9.47. The van der Waals surface area contributed by atoms with Crippen molar-refractivity contribution in [1.82, 2.24) is 4.90 Å². The zero-order chi connectivity index (χ0) is 20.8. The molecule has 1 saturated carbocycles. The number of likely N-dealkylation sites (tertiary alicyclic amines) is 1. The topological polar surface area (TPSA) is 73.2 Å². The van der Waals surface area contributed by atoms with Crippen molar-refractivity contribution < 1.29 is 33.2 Å². The Balaban J connectivity index is 1.37. The van der Waals surface area contributed by atoms with Gasteiger partial charge in [0, 0.05) is 32.0 Å². The maximum absolute atomic E-state index is 13.8. The number of nitrogens with zero attached hydrogens (tertiary/aromatic N) is 1. The third-order valence-corrected chi connectivity index (χ3v) is 5.85. The van der Waals surface area contributed by atoms with Crippen molar-refractivity contribution >= 4 is 0 Å². The molecule has 2 aromatic rings. The van der Waals surface area contributed by atoms with E-state index in [1.165, 1.54) is 6.07 Å². The molecule has 2 aromatic carbocycles. The van der Waals surface area contributed by atoms with Crippen LogP contribution < -0.4 is 4.74 Å². The summed E-state index contributed by atoms with van der Waals surface area (Å²) in [6.45, 7) is 0.837. The Kier molecular flexibility index (Phi) is 5.18. The lowest BCUT2D eigenvalue weighted by atomic mass is 9.95. The summed E-state index contributed by atoms with van der Waals surface area (Å²) in [7, 11) is 0. The van der Waals surface area contributed by atoms with Gasteiger partial charge in [0.05, 0.1) is 11.7 Å². The maximum Gasteiger partial charge on any atom is 0.187 e. The van der Waals surface area contributed by atoms with Crippen molar-refractivity contribution in [2.24, 2.45) is 5.92 Å². The van der Waals surface area contributed by atoms with Crippen LogP contribution in [0.15, 0.2) is 36.4 Å². The van der Waals surface area contributed by atoms with Crippen molar-refractivity contribution in [2.45, 2.75) is 30.7 Å². The predicted molar refractivity (Wildman–Crippen MR) is 97.9 cm³/mol. The molecule has 1 saturated heterocycles. The molecule has 156 valence electrons. The number of benzene rings is 2. The second-order valence-electron chi connectivity index (χ2n) is 7.95. The minimum Gasteiger partial charge on any atom is -0.503 e. The molecule has 3 N–H and O–H groups in total. The zero-order valence-electron chi connectivity index (χ0n) is 15.6. The summed E-state index contributed by atoms with van der Waals surface area (Å²) < 4.78 is 46.5. The van der Waals surface area contributed by atoms with Crippen molar-refractivity contribution in [3.63, 3.8) is 0 Å². The van der Waals surface area contributed by atoms with Gasteiger partial charge >= 0.3 is 0 Å². The van der Waals surface area contributed by atoms with Crippen LogP contribution in [0.3, 0.4) is 0 Å². The first-order chi connectivity index (χ1) is 13.7. The second kappa shape index (κ2) is 7.51. The average Bonchev–Trinajstić information content (AvgIpc) is 3.11. The molecule has 29 heavy (non-hydrogen) atoms. The van der Waals surface area contributed by atoms with Crippen LogP contribution in [0.4, 0.5) is 13.2 Å². The third-order valence-electron chi connectivity index (χ3n) is 5.85. The fourth-order valence-corrected chi connectivity index (χ4v) is 4.46. The van der Waals surface area contributed by atoms with Gasteiger partial charge in [0.2, 0.25) is 0 Å². The van der Waals surface area contributed by atoms with E-state index in [0.717, 1.165) is 12.1 Å². The van der Waals surface area contributed by atoms with Gasteiger partial charge in [0.15, 0.2) is 29.0 Å². The van der Waals surface area contributed by atoms with Gasteiger partial charge in [0.25, 0.3) is 0 Å². The summed E-state index contributed by atoms with van der Waals surface area (Å²) in [5.74, 6) is -3.75. The number of fused-ring (bicyclic) bond motifs is 1. The molecule has 2 aliphatic rings. The second-order valence-corrected chi connectivity index (χ2v) is 7.95. The lowest BCUT2D eigenvalue weighted by Crippen LogP contribution is -2.36. The van der Waals surface area contributed by atoms with Crippen LogP contribution in [-0.4, -0.2) is 51.6 Å². The molecular formula is C21H22F3NO4. The fraction of sp³-hybridized carbons (Fsp3) is 0.429. The summed E-state index contributed by atoms with van der Waals surface area (Å²) in [6, 6.07) is 7.92. The highest BCUT2D eigenvalue weighted by Gasteiger charge is 2.52. The molecule has 1 aliphatic carbocycles. The Labute approximate surface area is 166 Å². The van der Waals surface area contributed by atoms with Crippen LogP contribution >= 0.6 is 0 Å². The lowest BCUT2D eigenvalue weighted by Gasteiger charge is -2.25. The van der Waals surface area contributed by atoms with E-state index < -0.39 is 34.9 Å². The van der Waals surface area contributed by atoms with Gasteiger partial charge in [-0.2, -0.15) is 0 Å². The Morgan fingerprint density at radius 2 is 1.83 bits per heavy atom. The highest BCUT2D eigenvalue weighted by atomic mass is 19.1. The number of phenols is 1. The van der Waals surface area contributed by atoms with Gasteiger partial charge in [-0.3, -0.25) is 4.90 Å². The fourth-order valence-electron chi connectivity index (χ4n) is 4.46. The summed E-state index contributed by atoms with van der Waals surface area (Å²) in [5.41, 5.74) is -1.01. The van der Waals surface area contributed by atoms with E-state index in [1.54, 1.807) is 18.2 Å². The van der Waals surface area contributed by atoms with E-state index >= 15 is 0 Å². The summed E-state index contributed by atoms with van der Waals surface area (Å²) in [6.07, 6.45) is -0.609. The number of para-hydroxylation sites is 1. The summed E-state index contributed by atoms with van der Waals surface area (Å²) in [4.78, 5) is 1.83. The quantitative estimate of drug-likeness (QED) is 0.708. The van der Waals surface area contributed by atoms with Gasteiger partial charge in [-0.25, -0.2) is 13.2 Å². The number of rotatable bonds is 5. The van der Waals surface area contributed by atoms with E-state index in [9.17, 15) is 28.5 Å². The van der Waals surface area contributed by atoms with Gasteiger partial charge in [-0.05, 0) is 36.2 Å². The molecular weight excluding hydrogens is 387 g/mol. The number of aliphatic hydroxyl groups is 2. The molecule has 0 bridgehead atoms. The van der Waals surface area contributed by atoms with E-state index in [4.69, 9.17) is 4.74 Å². The minimum atomic E-state index is -1.17. The minimum absolute atomic E-state index is 0.0163. The van der Waals surface area contributed by atoms with Crippen LogP contribution in [0, 0.1) is 23.4 Å². The number of β-amino-alcohol motifs (C(OH)–C–C–N with tert-alkyl or cyclic N) is 2. The summed E-state index contributed by atoms with van der Waals surface area (Å²) in [5, 5.41) is 30.5. The number of ether oxygens (including phenoxy) is 1. The molecule has 4 rings (SSSR count). The third kappa shape index (κ3) is 3.92. The van der Waals surface area contributed by atoms with E-state index in [2.05, 4.69) is 0 Å². The number of hydrogen-bond acceptors (Lipinski definition) is 5.